The van der Waals surface area contributed by atoms with Gasteiger partial charge in [-0.25, -0.2) is 0 Å². The van der Waals surface area contributed by atoms with Crippen molar-refractivity contribution in [1.82, 2.24) is 0 Å². The molecule has 0 bridgehead atoms. The van der Waals surface area contributed by atoms with Gasteiger partial charge in [0.25, 0.3) is 0 Å². The fraction of sp³-hybridized carbons (Fsp3) is 0.0714. The minimum Gasteiger partial charge on any atom is -0.0826 e. The lowest BCUT2D eigenvalue weighted by Crippen LogP contribution is -2.00. The molecule has 15 heavy (non-hydrogen) atoms. The predicted octanol–water partition coefficient (Wildman–Crippen LogP) is 3.70. The van der Waals surface area contributed by atoms with Gasteiger partial charge in [0, 0.05) is 11.3 Å². The average molecular weight is 211 g/mol. The monoisotopic (exact) mass is 211 g/mol. The molecule has 1 radical (unpaired) electrons. The molecular formula is C14H11S. The molecule has 2 rings (SSSR count). The van der Waals surface area contributed by atoms with Crippen molar-refractivity contribution < 1.29 is 0 Å². The molecule has 0 aliphatic rings. The van der Waals surface area contributed by atoms with E-state index in [0.29, 0.717) is 0 Å². The normalized spacial score (nSPS) is 10.2. The second-order valence-corrected chi connectivity index (χ2v) is 3.61. The van der Waals surface area contributed by atoms with E-state index in [9.17, 15) is 0 Å². The van der Waals surface area contributed by atoms with Crippen LogP contribution in [0.5, 0.6) is 0 Å². The van der Waals surface area contributed by atoms with Crippen LogP contribution in [0.15, 0.2) is 60.7 Å². The average Bonchev–Trinajstić information content (AvgIpc) is 2.33. The SMILES string of the molecule is S=[C]C(c1ccccc1)c1ccccc1. The fourth-order valence-corrected chi connectivity index (χ4v) is 1.89. The van der Waals surface area contributed by atoms with E-state index in [1.807, 2.05) is 36.4 Å². The van der Waals surface area contributed by atoms with E-state index in [1.54, 1.807) is 0 Å². The molecular weight excluding hydrogens is 200 g/mol. The van der Waals surface area contributed by atoms with Crippen LogP contribution in [0.2, 0.25) is 0 Å². The minimum absolute atomic E-state index is 0.0994. The summed E-state index contributed by atoms with van der Waals surface area (Å²) in [6.07, 6.45) is 0. The first-order valence-electron chi connectivity index (χ1n) is 4.89. The molecule has 0 amide bonds. The van der Waals surface area contributed by atoms with Gasteiger partial charge in [0.05, 0.1) is 0 Å². The van der Waals surface area contributed by atoms with Gasteiger partial charge >= 0.3 is 0 Å². The summed E-state index contributed by atoms with van der Waals surface area (Å²) >= 11 is 4.99. The Morgan fingerprint density at radius 3 is 1.47 bits per heavy atom. The number of hydrogen-bond donors (Lipinski definition) is 0. The maximum atomic E-state index is 4.99. The quantitative estimate of drug-likeness (QED) is 0.698. The van der Waals surface area contributed by atoms with E-state index < -0.39 is 0 Å². The fourth-order valence-electron chi connectivity index (χ4n) is 1.62. The van der Waals surface area contributed by atoms with Gasteiger partial charge in [0.15, 0.2) is 0 Å². The van der Waals surface area contributed by atoms with Crippen molar-refractivity contribution in [3.63, 3.8) is 0 Å². The van der Waals surface area contributed by atoms with Crippen LogP contribution >= 0.6 is 12.2 Å². The van der Waals surface area contributed by atoms with Crippen LogP contribution in [-0.4, -0.2) is 5.37 Å². The van der Waals surface area contributed by atoms with E-state index in [1.165, 1.54) is 11.1 Å². The highest BCUT2D eigenvalue weighted by Gasteiger charge is 2.09. The Bertz CT molecular complexity index is 380. The molecule has 0 saturated carbocycles. The standard InChI is InChI=1S/C14H11S/c15-11-14(12-7-3-1-4-8-12)13-9-5-2-6-10-13/h1-10,14H. The lowest BCUT2D eigenvalue weighted by atomic mass is 9.93. The minimum atomic E-state index is 0.0994. The Hall–Kier alpha value is -1.47. The van der Waals surface area contributed by atoms with Crippen molar-refractivity contribution >= 4 is 17.6 Å². The second-order valence-electron chi connectivity index (χ2n) is 3.37. The van der Waals surface area contributed by atoms with Crippen molar-refractivity contribution in [1.29, 1.82) is 0 Å². The van der Waals surface area contributed by atoms with Crippen molar-refractivity contribution in [2.24, 2.45) is 0 Å². The zero-order valence-electron chi connectivity index (χ0n) is 8.26. The molecule has 0 atom stereocenters. The molecule has 0 N–H and O–H groups in total. The van der Waals surface area contributed by atoms with Gasteiger partial charge in [0.1, 0.15) is 0 Å². The molecule has 0 unspecified atom stereocenters. The van der Waals surface area contributed by atoms with Gasteiger partial charge in [-0.15, -0.1) is 0 Å². The lowest BCUT2D eigenvalue weighted by molar-refractivity contribution is 1.12. The first kappa shape index (κ1) is 10.1. The molecule has 0 aromatic heterocycles. The number of rotatable bonds is 3. The van der Waals surface area contributed by atoms with Crippen LogP contribution in [0, 0.1) is 0 Å². The van der Waals surface area contributed by atoms with Crippen molar-refractivity contribution in [3.8, 4) is 0 Å². The molecule has 0 nitrogen and oxygen atoms in total. The molecule has 0 fully saturated rings. The largest absolute Gasteiger partial charge is 0.0826 e. The van der Waals surface area contributed by atoms with Gasteiger partial charge < -0.3 is 0 Å². The summed E-state index contributed by atoms with van der Waals surface area (Å²) < 4.78 is 0. The van der Waals surface area contributed by atoms with Crippen LogP contribution in [0.3, 0.4) is 0 Å². The van der Waals surface area contributed by atoms with E-state index >= 15 is 0 Å². The lowest BCUT2D eigenvalue weighted by Gasteiger charge is -2.11. The van der Waals surface area contributed by atoms with Crippen LogP contribution in [0.25, 0.3) is 0 Å². The number of hydrogen-bond acceptors (Lipinski definition) is 1. The van der Waals surface area contributed by atoms with Crippen LogP contribution in [0.4, 0.5) is 0 Å². The third-order valence-electron chi connectivity index (χ3n) is 2.38. The predicted molar refractivity (Wildman–Crippen MR) is 67.3 cm³/mol. The van der Waals surface area contributed by atoms with Crippen LogP contribution < -0.4 is 0 Å². The Labute approximate surface area is 95.6 Å². The van der Waals surface area contributed by atoms with Gasteiger partial charge in [-0.1, -0.05) is 72.9 Å². The molecule has 0 aliphatic heterocycles. The first-order chi connectivity index (χ1) is 7.42. The van der Waals surface area contributed by atoms with Crippen LogP contribution in [0.1, 0.15) is 17.0 Å². The molecule has 0 heterocycles. The molecule has 2 aromatic rings. The van der Waals surface area contributed by atoms with E-state index in [-0.39, 0.29) is 5.92 Å². The maximum Gasteiger partial charge on any atom is 0.0453 e. The summed E-state index contributed by atoms with van der Waals surface area (Å²) in [5.74, 6) is 0.0994. The Morgan fingerprint density at radius 2 is 1.13 bits per heavy atom. The zero-order valence-corrected chi connectivity index (χ0v) is 9.08. The molecule has 0 saturated heterocycles. The summed E-state index contributed by atoms with van der Waals surface area (Å²) in [7, 11) is 0. The topological polar surface area (TPSA) is 0 Å². The zero-order chi connectivity index (χ0) is 10.5. The summed E-state index contributed by atoms with van der Waals surface area (Å²) in [6, 6.07) is 20.4. The Kier molecular flexibility index (Phi) is 3.25. The number of benzene rings is 2. The van der Waals surface area contributed by atoms with E-state index in [0.717, 1.165) is 0 Å². The summed E-state index contributed by atoms with van der Waals surface area (Å²) in [6.45, 7) is 0. The summed E-state index contributed by atoms with van der Waals surface area (Å²) in [5.41, 5.74) is 2.39. The van der Waals surface area contributed by atoms with E-state index in [4.69, 9.17) is 12.2 Å². The summed E-state index contributed by atoms with van der Waals surface area (Å²) in [5, 5.41) is 2.92. The first-order valence-corrected chi connectivity index (χ1v) is 5.30. The van der Waals surface area contributed by atoms with Crippen molar-refractivity contribution in [3.05, 3.63) is 71.8 Å². The van der Waals surface area contributed by atoms with Gasteiger partial charge in [-0.3, -0.25) is 0 Å². The smallest absolute Gasteiger partial charge is 0.0453 e. The molecule has 1 heteroatoms. The third kappa shape index (κ3) is 2.31. The highest BCUT2D eigenvalue weighted by Crippen LogP contribution is 2.22. The number of thiocarbonyl (C=S) groups is 1. The second kappa shape index (κ2) is 4.85. The maximum absolute atomic E-state index is 4.99. The van der Waals surface area contributed by atoms with E-state index in [2.05, 4.69) is 29.6 Å². The molecule has 2 aromatic carbocycles. The summed E-state index contributed by atoms with van der Waals surface area (Å²) in [4.78, 5) is 0. The Balaban J connectivity index is 2.38. The van der Waals surface area contributed by atoms with Crippen LogP contribution in [-0.2, 0) is 0 Å². The van der Waals surface area contributed by atoms with Crippen molar-refractivity contribution in [2.45, 2.75) is 5.92 Å². The molecule has 0 aliphatic carbocycles. The highest BCUT2D eigenvalue weighted by molar-refractivity contribution is 7.79. The van der Waals surface area contributed by atoms with Gasteiger partial charge in [-0.05, 0) is 11.1 Å². The molecule has 73 valence electrons. The Morgan fingerprint density at radius 1 is 0.733 bits per heavy atom. The highest BCUT2D eigenvalue weighted by atomic mass is 32.1. The van der Waals surface area contributed by atoms with Crippen molar-refractivity contribution in [2.75, 3.05) is 0 Å². The molecule has 0 spiro atoms. The third-order valence-corrected chi connectivity index (χ3v) is 2.62. The van der Waals surface area contributed by atoms with Gasteiger partial charge in [0.2, 0.25) is 0 Å². The van der Waals surface area contributed by atoms with Gasteiger partial charge in [-0.2, -0.15) is 0 Å².